The van der Waals surface area contributed by atoms with E-state index in [1.807, 2.05) is 6.92 Å². The molecule has 4 nitrogen and oxygen atoms in total. The van der Waals surface area contributed by atoms with Gasteiger partial charge in [0.1, 0.15) is 6.61 Å². The van der Waals surface area contributed by atoms with Crippen LogP contribution in [0.25, 0.3) is 5.53 Å². The lowest BCUT2D eigenvalue weighted by molar-refractivity contribution is -0.139. The standard InChI is InChI=1S/C7H10N2O2/c1-3-4-5-11-7(10)6(2)9-8/h3-4H,5H2,1-2H3. The SMILES string of the molecule is CC=CCOC(=O)C(C)=[N+]=[N-]. The third kappa shape index (κ3) is 4.06. The second-order valence-corrected chi connectivity index (χ2v) is 1.85. The fourth-order valence-corrected chi connectivity index (χ4v) is 0.365. The molecule has 0 aliphatic heterocycles. The lowest BCUT2D eigenvalue weighted by Crippen LogP contribution is -2.14. The first-order valence-corrected chi connectivity index (χ1v) is 3.19. The zero-order valence-corrected chi connectivity index (χ0v) is 6.57. The number of esters is 1. The molecule has 0 heterocycles. The summed E-state index contributed by atoms with van der Waals surface area (Å²) >= 11 is 0. The Morgan fingerprint density at radius 1 is 1.73 bits per heavy atom. The van der Waals surface area contributed by atoms with Gasteiger partial charge in [0.25, 0.3) is 0 Å². The maximum Gasteiger partial charge on any atom is 0.416 e. The summed E-state index contributed by atoms with van der Waals surface area (Å²) in [4.78, 5) is 13.4. The number of nitrogens with zero attached hydrogens (tertiary/aromatic N) is 2. The van der Waals surface area contributed by atoms with E-state index in [9.17, 15) is 4.79 Å². The van der Waals surface area contributed by atoms with Gasteiger partial charge in [-0.25, -0.2) is 4.79 Å². The van der Waals surface area contributed by atoms with Crippen LogP contribution in [0.15, 0.2) is 12.2 Å². The van der Waals surface area contributed by atoms with Gasteiger partial charge in [-0.3, -0.25) is 0 Å². The Balaban J connectivity index is 3.80. The smallest absolute Gasteiger partial charge is 0.416 e. The molecule has 0 fully saturated rings. The predicted molar refractivity (Wildman–Crippen MR) is 40.1 cm³/mol. The Labute approximate surface area is 65.1 Å². The summed E-state index contributed by atoms with van der Waals surface area (Å²) in [5, 5.41) is 0. The van der Waals surface area contributed by atoms with Gasteiger partial charge in [-0.2, -0.15) is 4.79 Å². The highest BCUT2D eigenvalue weighted by Crippen LogP contribution is 1.81. The quantitative estimate of drug-likeness (QED) is 0.198. The van der Waals surface area contributed by atoms with Gasteiger partial charge in [0.15, 0.2) is 0 Å². The summed E-state index contributed by atoms with van der Waals surface area (Å²) in [5.41, 5.74) is 8.08. The third-order valence-electron chi connectivity index (χ3n) is 0.992. The number of hydrogen-bond acceptors (Lipinski definition) is 2. The van der Waals surface area contributed by atoms with Crippen LogP contribution in [0.2, 0.25) is 0 Å². The molecule has 60 valence electrons. The lowest BCUT2D eigenvalue weighted by Gasteiger charge is -1.92. The molecule has 0 atom stereocenters. The van der Waals surface area contributed by atoms with Crippen molar-refractivity contribution >= 4 is 11.7 Å². The Kier molecular flexibility index (Phi) is 4.69. The molecule has 0 unspecified atom stereocenters. The number of allylic oxidation sites excluding steroid dienone is 1. The van der Waals surface area contributed by atoms with E-state index in [1.54, 1.807) is 12.2 Å². The minimum absolute atomic E-state index is 0.0468. The van der Waals surface area contributed by atoms with Gasteiger partial charge in [0, 0.05) is 6.92 Å². The highest BCUT2D eigenvalue weighted by molar-refractivity contribution is 6.32. The summed E-state index contributed by atoms with van der Waals surface area (Å²) < 4.78 is 4.62. The van der Waals surface area contributed by atoms with Crippen LogP contribution in [0.5, 0.6) is 0 Å². The fourth-order valence-electron chi connectivity index (χ4n) is 0.365. The molecular weight excluding hydrogens is 144 g/mol. The molecule has 0 aromatic rings. The number of rotatable bonds is 3. The largest absolute Gasteiger partial charge is 0.453 e. The maximum absolute atomic E-state index is 10.7. The van der Waals surface area contributed by atoms with Gasteiger partial charge >= 0.3 is 11.7 Å². The molecular formula is C7H10N2O2. The van der Waals surface area contributed by atoms with Crippen molar-refractivity contribution in [3.8, 4) is 0 Å². The molecule has 0 saturated carbocycles. The van der Waals surface area contributed by atoms with Crippen molar-refractivity contribution < 1.29 is 14.3 Å². The first-order chi connectivity index (χ1) is 5.22. The molecule has 0 aromatic heterocycles. The molecule has 0 N–H and O–H groups in total. The maximum atomic E-state index is 10.7. The molecule has 0 aromatic carbocycles. The van der Waals surface area contributed by atoms with E-state index in [-0.39, 0.29) is 12.3 Å². The van der Waals surface area contributed by atoms with Crippen molar-refractivity contribution in [2.24, 2.45) is 0 Å². The summed E-state index contributed by atoms with van der Waals surface area (Å²) in [6.07, 6.45) is 3.45. The van der Waals surface area contributed by atoms with Crippen LogP contribution in [0.4, 0.5) is 0 Å². The summed E-state index contributed by atoms with van der Waals surface area (Å²) in [5.74, 6) is -0.606. The number of hydrogen-bond donors (Lipinski definition) is 0. The van der Waals surface area contributed by atoms with Gasteiger partial charge < -0.3 is 10.3 Å². The van der Waals surface area contributed by atoms with Crippen LogP contribution in [-0.4, -0.2) is 23.1 Å². The highest BCUT2D eigenvalue weighted by atomic mass is 16.5. The van der Waals surface area contributed by atoms with Gasteiger partial charge in [-0.1, -0.05) is 12.2 Å². The van der Waals surface area contributed by atoms with Crippen LogP contribution in [0.1, 0.15) is 13.8 Å². The molecule has 0 radical (unpaired) electrons. The van der Waals surface area contributed by atoms with Crippen molar-refractivity contribution in [3.63, 3.8) is 0 Å². The monoisotopic (exact) mass is 154 g/mol. The zero-order valence-electron chi connectivity index (χ0n) is 6.57. The van der Waals surface area contributed by atoms with Crippen LogP contribution < -0.4 is 0 Å². The van der Waals surface area contributed by atoms with Gasteiger partial charge in [-0.15, -0.1) is 0 Å². The Morgan fingerprint density at radius 3 is 2.82 bits per heavy atom. The Morgan fingerprint density at radius 2 is 2.36 bits per heavy atom. The minimum atomic E-state index is -0.606. The number of carbonyl (C=O) groups excluding carboxylic acids is 1. The Bertz CT molecular complexity index is 214. The van der Waals surface area contributed by atoms with E-state index in [1.165, 1.54) is 6.92 Å². The summed E-state index contributed by atoms with van der Waals surface area (Å²) in [7, 11) is 0. The van der Waals surface area contributed by atoms with Gasteiger partial charge in [0.05, 0.1) is 0 Å². The Hall–Kier alpha value is -1.41. The van der Waals surface area contributed by atoms with Crippen molar-refractivity contribution in [3.05, 3.63) is 17.7 Å². The highest BCUT2D eigenvalue weighted by Gasteiger charge is 2.13. The van der Waals surface area contributed by atoms with Gasteiger partial charge in [-0.05, 0) is 6.92 Å². The predicted octanol–water partition coefficient (Wildman–Crippen LogP) is 0.796. The molecule has 0 aliphatic carbocycles. The average Bonchev–Trinajstić information content (AvgIpc) is 2.03. The van der Waals surface area contributed by atoms with E-state index < -0.39 is 5.97 Å². The molecule has 4 heteroatoms. The van der Waals surface area contributed by atoms with Crippen molar-refractivity contribution in [2.45, 2.75) is 13.8 Å². The van der Waals surface area contributed by atoms with Gasteiger partial charge in [0.2, 0.25) is 0 Å². The number of ether oxygens (including phenoxy) is 1. The average molecular weight is 154 g/mol. The first-order valence-electron chi connectivity index (χ1n) is 3.19. The second kappa shape index (κ2) is 5.38. The van der Waals surface area contributed by atoms with Crippen LogP contribution in [0, 0.1) is 0 Å². The van der Waals surface area contributed by atoms with Crippen molar-refractivity contribution in [1.82, 2.24) is 0 Å². The molecule has 0 bridgehead atoms. The molecule has 0 amide bonds. The second-order valence-electron chi connectivity index (χ2n) is 1.85. The molecule has 0 spiro atoms. The topological polar surface area (TPSA) is 62.7 Å². The zero-order chi connectivity index (χ0) is 8.69. The van der Waals surface area contributed by atoms with E-state index in [2.05, 4.69) is 9.53 Å². The first kappa shape index (κ1) is 9.59. The summed E-state index contributed by atoms with van der Waals surface area (Å²) in [6, 6.07) is 0. The summed E-state index contributed by atoms with van der Waals surface area (Å²) in [6.45, 7) is 3.40. The molecule has 0 aliphatic rings. The molecule has 0 rings (SSSR count). The normalized spacial score (nSPS) is 9.27. The fraction of sp³-hybridized carbons (Fsp3) is 0.429. The van der Waals surface area contributed by atoms with Crippen molar-refractivity contribution in [2.75, 3.05) is 6.61 Å². The number of carbonyl (C=O) groups is 1. The van der Waals surface area contributed by atoms with E-state index >= 15 is 0 Å². The lowest BCUT2D eigenvalue weighted by atomic mass is 10.4. The van der Waals surface area contributed by atoms with E-state index in [0.717, 1.165) is 0 Å². The minimum Gasteiger partial charge on any atom is -0.453 e. The van der Waals surface area contributed by atoms with Crippen molar-refractivity contribution in [1.29, 1.82) is 0 Å². The molecule has 0 saturated heterocycles. The van der Waals surface area contributed by atoms with E-state index in [4.69, 9.17) is 5.53 Å². The third-order valence-corrected chi connectivity index (χ3v) is 0.992. The van der Waals surface area contributed by atoms with Crippen LogP contribution >= 0.6 is 0 Å². The van der Waals surface area contributed by atoms with Crippen LogP contribution in [-0.2, 0) is 9.53 Å². The molecule has 11 heavy (non-hydrogen) atoms. The van der Waals surface area contributed by atoms with E-state index in [0.29, 0.717) is 0 Å². The van der Waals surface area contributed by atoms with Crippen LogP contribution in [0.3, 0.4) is 0 Å².